The van der Waals surface area contributed by atoms with Crippen molar-refractivity contribution in [2.45, 2.75) is 31.3 Å². The summed E-state index contributed by atoms with van der Waals surface area (Å²) in [6.45, 7) is 5.58. The van der Waals surface area contributed by atoms with Crippen LogP contribution in [0.15, 0.2) is 54.1 Å². The van der Waals surface area contributed by atoms with Gasteiger partial charge in [-0.2, -0.15) is 5.26 Å². The summed E-state index contributed by atoms with van der Waals surface area (Å²) in [5, 5.41) is 37.5. The van der Waals surface area contributed by atoms with Crippen LogP contribution < -0.4 is 10.6 Å². The Kier molecular flexibility index (Phi) is 9.44. The van der Waals surface area contributed by atoms with Gasteiger partial charge in [-0.25, -0.2) is 0 Å². The zero-order valence-corrected chi connectivity index (χ0v) is 23.0. The predicted octanol–water partition coefficient (Wildman–Crippen LogP) is 3.19. The van der Waals surface area contributed by atoms with Gasteiger partial charge < -0.3 is 30.3 Å². The molecule has 3 heterocycles. The van der Waals surface area contributed by atoms with Gasteiger partial charge in [0.15, 0.2) is 6.29 Å². The molecule has 0 radical (unpaired) electrons. The predicted molar refractivity (Wildman–Crippen MR) is 156 cm³/mol. The largest absolute Gasteiger partial charge is 0.393 e. The molecule has 3 unspecified atom stereocenters. The maximum Gasteiger partial charge on any atom is 0.262 e. The van der Waals surface area contributed by atoms with Crippen molar-refractivity contribution in [3.05, 3.63) is 59.0 Å². The van der Waals surface area contributed by atoms with Crippen molar-refractivity contribution in [1.82, 2.24) is 10.2 Å². The number of morpholine rings is 1. The summed E-state index contributed by atoms with van der Waals surface area (Å²) in [7, 11) is 0. The number of hydrogen-bond donors (Lipinski definition) is 4. The molecule has 2 saturated heterocycles. The van der Waals surface area contributed by atoms with E-state index in [1.807, 2.05) is 18.2 Å². The van der Waals surface area contributed by atoms with Crippen LogP contribution in [0.3, 0.4) is 0 Å². The first-order chi connectivity index (χ1) is 19.5. The fraction of sp³-hybridized carbons (Fsp3) is 0.400. The molecule has 0 aliphatic carbocycles. The fourth-order valence-electron chi connectivity index (χ4n) is 4.97. The van der Waals surface area contributed by atoms with Crippen LogP contribution in [0.25, 0.3) is 27.3 Å². The van der Waals surface area contributed by atoms with Crippen LogP contribution in [-0.2, 0) is 14.3 Å². The van der Waals surface area contributed by atoms with E-state index in [1.54, 1.807) is 6.08 Å². The first kappa shape index (κ1) is 28.2. The second kappa shape index (κ2) is 13.4. The van der Waals surface area contributed by atoms with Crippen molar-refractivity contribution in [2.75, 3.05) is 51.3 Å². The molecule has 2 fully saturated rings. The van der Waals surface area contributed by atoms with Crippen LogP contribution >= 0.6 is 11.3 Å². The molecule has 10 heteroatoms. The van der Waals surface area contributed by atoms with Gasteiger partial charge in [-0.3, -0.25) is 9.69 Å². The third-order valence-corrected chi connectivity index (χ3v) is 8.19. The van der Waals surface area contributed by atoms with Crippen molar-refractivity contribution in [3.8, 4) is 16.5 Å². The number of anilines is 1. The number of amides is 1. The van der Waals surface area contributed by atoms with Crippen LogP contribution in [-0.4, -0.2) is 85.5 Å². The molecule has 2 aromatic carbocycles. The number of ether oxygens (including phenoxy) is 2. The van der Waals surface area contributed by atoms with Crippen molar-refractivity contribution >= 4 is 39.8 Å². The lowest BCUT2D eigenvalue weighted by Gasteiger charge is -2.30. The Morgan fingerprint density at radius 1 is 1.10 bits per heavy atom. The van der Waals surface area contributed by atoms with E-state index in [0.717, 1.165) is 71.2 Å². The maximum absolute atomic E-state index is 12.6. The van der Waals surface area contributed by atoms with Gasteiger partial charge in [0, 0.05) is 61.0 Å². The van der Waals surface area contributed by atoms with Gasteiger partial charge in [0.1, 0.15) is 11.6 Å². The summed E-state index contributed by atoms with van der Waals surface area (Å²) >= 11 is 1.51. The monoisotopic (exact) mass is 562 g/mol. The number of thiophene rings is 1. The molecule has 40 heavy (non-hydrogen) atoms. The second-order valence-corrected chi connectivity index (χ2v) is 11.2. The van der Waals surface area contributed by atoms with Gasteiger partial charge in [-0.05, 0) is 52.7 Å². The highest BCUT2D eigenvalue weighted by Gasteiger charge is 2.27. The standard InChI is InChI=1S/C30H34N4O5S/c31-18-23(30(37)33-19-26-16-25(35)17-29(36)39-26)15-27-5-6-28(40-27)22-2-1-21-14-24(4-3-20(21)13-22)32-7-8-34-9-11-38-12-10-34/h1-6,13-15,25-26,29,32,35-36H,7-12,16-17,19H2,(H,33,37)/b23-15+. The van der Waals surface area contributed by atoms with Gasteiger partial charge in [-0.1, -0.05) is 18.2 Å². The molecule has 3 aromatic rings. The Morgan fingerprint density at radius 3 is 2.70 bits per heavy atom. The quantitative estimate of drug-likeness (QED) is 0.231. The van der Waals surface area contributed by atoms with Crippen LogP contribution in [0.1, 0.15) is 17.7 Å². The summed E-state index contributed by atoms with van der Waals surface area (Å²) in [5.41, 5.74) is 2.15. The van der Waals surface area contributed by atoms with E-state index in [9.17, 15) is 20.3 Å². The number of aliphatic hydroxyl groups is 2. The summed E-state index contributed by atoms with van der Waals surface area (Å²) in [6.07, 6.45) is -0.202. The zero-order chi connectivity index (χ0) is 27.9. The number of nitriles is 1. The Morgan fingerprint density at radius 2 is 1.90 bits per heavy atom. The van der Waals surface area contributed by atoms with Crippen LogP contribution in [0.4, 0.5) is 5.69 Å². The number of fused-ring (bicyclic) bond motifs is 1. The van der Waals surface area contributed by atoms with Gasteiger partial charge in [0.25, 0.3) is 5.91 Å². The van der Waals surface area contributed by atoms with E-state index in [1.165, 1.54) is 11.3 Å². The number of nitrogens with zero attached hydrogens (tertiary/aromatic N) is 2. The molecule has 2 aliphatic heterocycles. The smallest absolute Gasteiger partial charge is 0.262 e. The molecule has 210 valence electrons. The fourth-order valence-corrected chi connectivity index (χ4v) is 5.92. The summed E-state index contributed by atoms with van der Waals surface area (Å²) in [4.78, 5) is 16.8. The summed E-state index contributed by atoms with van der Waals surface area (Å²) in [5.74, 6) is -0.518. The number of aliphatic hydroxyl groups excluding tert-OH is 2. The molecular weight excluding hydrogens is 528 g/mol. The van der Waals surface area contributed by atoms with Gasteiger partial charge in [0.2, 0.25) is 0 Å². The first-order valence-corrected chi connectivity index (χ1v) is 14.4. The molecule has 3 atom stereocenters. The molecule has 1 aromatic heterocycles. The van der Waals surface area contributed by atoms with Gasteiger partial charge >= 0.3 is 0 Å². The Labute approximate surface area is 237 Å². The second-order valence-electron chi connectivity index (χ2n) is 10.1. The van der Waals surface area contributed by atoms with Gasteiger partial charge in [-0.15, -0.1) is 11.3 Å². The van der Waals surface area contributed by atoms with Gasteiger partial charge in [0.05, 0.1) is 25.4 Å². The Hall–Kier alpha value is -3.30. The van der Waals surface area contributed by atoms with E-state index in [-0.39, 0.29) is 18.5 Å². The minimum absolute atomic E-state index is 0.0162. The number of hydrogen-bond acceptors (Lipinski definition) is 9. The third kappa shape index (κ3) is 7.46. The molecule has 0 saturated carbocycles. The lowest BCUT2D eigenvalue weighted by Crippen LogP contribution is -2.42. The number of carbonyl (C=O) groups excluding carboxylic acids is 1. The third-order valence-electron chi connectivity index (χ3n) is 7.11. The summed E-state index contributed by atoms with van der Waals surface area (Å²) in [6, 6.07) is 18.6. The molecule has 9 nitrogen and oxygen atoms in total. The number of rotatable bonds is 9. The molecular formula is C30H34N4O5S. The van der Waals surface area contributed by atoms with Crippen LogP contribution in [0.2, 0.25) is 0 Å². The number of benzene rings is 2. The normalized spacial score (nSPS) is 22.1. The van der Waals surface area contributed by atoms with Crippen molar-refractivity contribution in [3.63, 3.8) is 0 Å². The SMILES string of the molecule is N#C/C(=C\c1ccc(-c2ccc3cc(NCCN4CCOCC4)ccc3c2)s1)C(=O)NCC1CC(O)CC(O)O1. The van der Waals surface area contributed by atoms with Crippen molar-refractivity contribution < 1.29 is 24.5 Å². The zero-order valence-electron chi connectivity index (χ0n) is 22.2. The topological polar surface area (TPSA) is 127 Å². The van der Waals surface area contributed by atoms with Crippen LogP contribution in [0.5, 0.6) is 0 Å². The lowest BCUT2D eigenvalue weighted by atomic mass is 10.1. The van der Waals surface area contributed by atoms with E-state index in [4.69, 9.17) is 9.47 Å². The first-order valence-electron chi connectivity index (χ1n) is 13.6. The molecule has 1 amide bonds. The Bertz CT molecular complexity index is 1380. The van der Waals surface area contributed by atoms with E-state index < -0.39 is 24.4 Å². The lowest BCUT2D eigenvalue weighted by molar-refractivity contribution is -0.187. The summed E-state index contributed by atoms with van der Waals surface area (Å²) < 4.78 is 10.8. The average molecular weight is 563 g/mol. The highest BCUT2D eigenvalue weighted by Crippen LogP contribution is 2.32. The van der Waals surface area contributed by atoms with E-state index >= 15 is 0 Å². The van der Waals surface area contributed by atoms with Crippen LogP contribution in [0, 0.1) is 11.3 Å². The molecule has 0 bridgehead atoms. The maximum atomic E-state index is 12.6. The number of carbonyl (C=O) groups is 1. The van der Waals surface area contributed by atoms with E-state index in [2.05, 4.69) is 51.9 Å². The number of nitrogens with one attached hydrogen (secondary N) is 2. The minimum Gasteiger partial charge on any atom is -0.393 e. The highest BCUT2D eigenvalue weighted by atomic mass is 32.1. The molecule has 2 aliphatic rings. The minimum atomic E-state index is -1.06. The highest BCUT2D eigenvalue weighted by molar-refractivity contribution is 7.16. The van der Waals surface area contributed by atoms with Crippen molar-refractivity contribution in [2.24, 2.45) is 0 Å². The average Bonchev–Trinajstić information content (AvgIpc) is 3.43. The van der Waals surface area contributed by atoms with E-state index in [0.29, 0.717) is 6.42 Å². The van der Waals surface area contributed by atoms with Crippen molar-refractivity contribution in [1.29, 1.82) is 5.26 Å². The molecule has 4 N–H and O–H groups in total. The Balaban J connectivity index is 1.19. The molecule has 5 rings (SSSR count). The molecule has 0 spiro atoms.